The third kappa shape index (κ3) is 5.62. The van der Waals surface area contributed by atoms with Gasteiger partial charge in [0.2, 0.25) is 0 Å². The molecule has 0 unspecified atom stereocenters. The highest BCUT2D eigenvalue weighted by atomic mass is 16.5. The van der Waals surface area contributed by atoms with Gasteiger partial charge >= 0.3 is 5.97 Å². The molecule has 0 heterocycles. The zero-order chi connectivity index (χ0) is 23.0. The average Bonchev–Trinajstić information content (AvgIpc) is 2.85. The Morgan fingerprint density at radius 3 is 2.39 bits per heavy atom. The molecule has 0 aliphatic carbocycles. The number of amides is 1. The molecule has 0 atom stereocenters. The van der Waals surface area contributed by atoms with Gasteiger partial charge in [0.15, 0.2) is 6.61 Å². The first-order chi connectivity index (χ1) is 16.1. The van der Waals surface area contributed by atoms with Gasteiger partial charge in [0.05, 0.1) is 11.8 Å². The summed E-state index contributed by atoms with van der Waals surface area (Å²) in [6, 6.07) is 27.4. The minimum atomic E-state index is -0.476. The predicted molar refractivity (Wildman–Crippen MR) is 128 cm³/mol. The fraction of sp³-hybridized carbons (Fsp3) is 0.0741. The van der Waals surface area contributed by atoms with Gasteiger partial charge in [-0.15, -0.1) is 0 Å². The fourth-order valence-corrected chi connectivity index (χ4v) is 3.22. The van der Waals surface area contributed by atoms with Gasteiger partial charge in [-0.2, -0.15) is 5.10 Å². The van der Waals surface area contributed by atoms with Gasteiger partial charge in [0.25, 0.3) is 5.91 Å². The molecule has 0 aliphatic rings. The second kappa shape index (κ2) is 10.2. The molecule has 0 saturated carbocycles. The lowest BCUT2D eigenvalue weighted by Gasteiger charge is -2.10. The van der Waals surface area contributed by atoms with E-state index in [0.29, 0.717) is 22.6 Å². The molecule has 4 aromatic carbocycles. The molecule has 33 heavy (non-hydrogen) atoms. The predicted octanol–water partition coefficient (Wildman–Crippen LogP) is 4.90. The number of nitrogens with zero attached hydrogens (tertiary/aromatic N) is 1. The standard InChI is InChI=1S/C27H22N2O4/c1-19-11-14-22(15-12-19)32-18-26(30)29-28-17-24-23-10-6-5-7-20(23)13-16-25(24)33-27(31)21-8-3-2-4-9-21/h2-17H,18H2,1H3,(H,29,30). The van der Waals surface area contributed by atoms with Crippen LogP contribution < -0.4 is 14.9 Å². The maximum atomic E-state index is 12.6. The summed E-state index contributed by atoms with van der Waals surface area (Å²) in [5, 5.41) is 5.85. The Morgan fingerprint density at radius 1 is 0.879 bits per heavy atom. The number of rotatable bonds is 7. The minimum absolute atomic E-state index is 0.175. The van der Waals surface area contributed by atoms with E-state index in [-0.39, 0.29) is 6.61 Å². The number of hydrogen-bond donors (Lipinski definition) is 1. The second-order valence-corrected chi connectivity index (χ2v) is 7.35. The summed E-state index contributed by atoms with van der Waals surface area (Å²) in [5.74, 6) is 0.0614. The quantitative estimate of drug-likeness (QED) is 0.193. The summed E-state index contributed by atoms with van der Waals surface area (Å²) >= 11 is 0. The molecular weight excluding hydrogens is 416 g/mol. The summed E-state index contributed by atoms with van der Waals surface area (Å²) in [6.07, 6.45) is 1.47. The lowest BCUT2D eigenvalue weighted by Crippen LogP contribution is -2.24. The number of hydrazone groups is 1. The molecule has 164 valence electrons. The number of nitrogens with one attached hydrogen (secondary N) is 1. The second-order valence-electron chi connectivity index (χ2n) is 7.35. The largest absolute Gasteiger partial charge is 0.484 e. The smallest absolute Gasteiger partial charge is 0.343 e. The molecule has 4 rings (SSSR count). The van der Waals surface area contributed by atoms with Crippen LogP contribution in [0.4, 0.5) is 0 Å². The van der Waals surface area contributed by atoms with E-state index < -0.39 is 11.9 Å². The van der Waals surface area contributed by atoms with E-state index in [9.17, 15) is 9.59 Å². The molecule has 6 heteroatoms. The van der Waals surface area contributed by atoms with E-state index in [4.69, 9.17) is 9.47 Å². The van der Waals surface area contributed by atoms with Gasteiger partial charge in [-0.1, -0.05) is 66.2 Å². The lowest BCUT2D eigenvalue weighted by atomic mass is 10.0. The van der Waals surface area contributed by atoms with E-state index in [2.05, 4.69) is 10.5 Å². The maximum absolute atomic E-state index is 12.6. The van der Waals surface area contributed by atoms with Gasteiger partial charge < -0.3 is 9.47 Å². The number of aryl methyl sites for hydroxylation is 1. The van der Waals surface area contributed by atoms with Gasteiger partial charge in [-0.05, 0) is 48.0 Å². The van der Waals surface area contributed by atoms with Gasteiger partial charge in [-0.3, -0.25) is 4.79 Å². The first-order valence-corrected chi connectivity index (χ1v) is 10.4. The topological polar surface area (TPSA) is 77.0 Å². The van der Waals surface area contributed by atoms with E-state index in [1.165, 1.54) is 6.21 Å². The van der Waals surface area contributed by atoms with Crippen molar-refractivity contribution < 1.29 is 19.1 Å². The number of esters is 1. The molecule has 4 aromatic rings. The molecular formula is C27H22N2O4. The van der Waals surface area contributed by atoms with E-state index in [1.807, 2.05) is 55.5 Å². The van der Waals surface area contributed by atoms with E-state index in [1.54, 1.807) is 42.5 Å². The lowest BCUT2D eigenvalue weighted by molar-refractivity contribution is -0.123. The SMILES string of the molecule is Cc1ccc(OCC(=O)NN=Cc2c(OC(=O)c3ccccc3)ccc3ccccc23)cc1. The van der Waals surface area contributed by atoms with Crippen molar-refractivity contribution in [3.05, 3.63) is 108 Å². The number of ether oxygens (including phenoxy) is 2. The summed E-state index contributed by atoms with van der Waals surface area (Å²) < 4.78 is 11.1. The van der Waals surface area contributed by atoms with Crippen LogP contribution in [0.1, 0.15) is 21.5 Å². The van der Waals surface area contributed by atoms with Crippen molar-refractivity contribution in [2.24, 2.45) is 5.10 Å². The first-order valence-electron chi connectivity index (χ1n) is 10.4. The molecule has 0 spiro atoms. The highest BCUT2D eigenvalue weighted by Crippen LogP contribution is 2.27. The molecule has 6 nitrogen and oxygen atoms in total. The van der Waals surface area contributed by atoms with Crippen molar-refractivity contribution in [3.63, 3.8) is 0 Å². The summed E-state index contributed by atoms with van der Waals surface area (Å²) in [4.78, 5) is 24.7. The Balaban J connectivity index is 1.49. The van der Waals surface area contributed by atoms with Gasteiger partial charge in [-0.25, -0.2) is 10.2 Å². The Kier molecular flexibility index (Phi) is 6.75. The molecule has 0 bridgehead atoms. The fourth-order valence-electron chi connectivity index (χ4n) is 3.22. The van der Waals surface area contributed by atoms with Crippen LogP contribution in [0.5, 0.6) is 11.5 Å². The van der Waals surface area contributed by atoms with Gasteiger partial charge in [0.1, 0.15) is 11.5 Å². The summed E-state index contributed by atoms with van der Waals surface area (Å²) in [7, 11) is 0. The van der Waals surface area contributed by atoms with Crippen molar-refractivity contribution in [1.82, 2.24) is 5.43 Å². The van der Waals surface area contributed by atoms with Crippen molar-refractivity contribution in [3.8, 4) is 11.5 Å². The first kappa shape index (κ1) is 21.8. The molecule has 1 amide bonds. The van der Waals surface area contributed by atoms with Crippen molar-refractivity contribution in [2.75, 3.05) is 6.61 Å². The van der Waals surface area contributed by atoms with Crippen molar-refractivity contribution >= 4 is 28.9 Å². The number of hydrogen-bond acceptors (Lipinski definition) is 5. The molecule has 1 N–H and O–H groups in total. The maximum Gasteiger partial charge on any atom is 0.343 e. The Bertz CT molecular complexity index is 1300. The van der Waals surface area contributed by atoms with Crippen molar-refractivity contribution in [2.45, 2.75) is 6.92 Å². The Morgan fingerprint density at radius 2 is 1.61 bits per heavy atom. The summed E-state index contributed by atoms with van der Waals surface area (Å²) in [6.45, 7) is 1.80. The van der Waals surface area contributed by atoms with E-state index >= 15 is 0 Å². The van der Waals surface area contributed by atoms with E-state index in [0.717, 1.165) is 16.3 Å². The molecule has 0 radical (unpaired) electrons. The monoisotopic (exact) mass is 438 g/mol. The zero-order valence-electron chi connectivity index (χ0n) is 18.0. The Hall–Kier alpha value is -4.45. The molecule has 0 saturated heterocycles. The molecule has 0 aliphatic heterocycles. The number of carbonyl (C=O) groups excluding carboxylic acids is 2. The third-order valence-electron chi connectivity index (χ3n) is 4.92. The van der Waals surface area contributed by atoms with Crippen LogP contribution in [-0.2, 0) is 4.79 Å². The van der Waals surface area contributed by atoms with Crippen LogP contribution in [0.2, 0.25) is 0 Å². The summed E-state index contributed by atoms with van der Waals surface area (Å²) in [5.41, 5.74) is 4.58. The normalized spacial score (nSPS) is 10.8. The average molecular weight is 438 g/mol. The highest BCUT2D eigenvalue weighted by molar-refractivity contribution is 6.04. The van der Waals surface area contributed by atoms with Crippen LogP contribution in [0.3, 0.4) is 0 Å². The molecule has 0 fully saturated rings. The van der Waals surface area contributed by atoms with Crippen LogP contribution in [0.25, 0.3) is 10.8 Å². The van der Waals surface area contributed by atoms with Crippen LogP contribution >= 0.6 is 0 Å². The zero-order valence-corrected chi connectivity index (χ0v) is 18.0. The van der Waals surface area contributed by atoms with Crippen LogP contribution in [0, 0.1) is 6.92 Å². The van der Waals surface area contributed by atoms with Crippen LogP contribution in [0.15, 0.2) is 96.1 Å². The number of carbonyl (C=O) groups is 2. The highest BCUT2D eigenvalue weighted by Gasteiger charge is 2.13. The minimum Gasteiger partial charge on any atom is -0.484 e. The number of fused-ring (bicyclic) bond motifs is 1. The molecule has 0 aromatic heterocycles. The van der Waals surface area contributed by atoms with Crippen molar-refractivity contribution in [1.29, 1.82) is 0 Å². The van der Waals surface area contributed by atoms with Crippen LogP contribution in [-0.4, -0.2) is 24.7 Å². The number of benzene rings is 4. The van der Waals surface area contributed by atoms with Gasteiger partial charge in [0, 0.05) is 5.56 Å². The third-order valence-corrected chi connectivity index (χ3v) is 4.92. The Labute approximate surface area is 191 Å².